The van der Waals surface area contributed by atoms with Gasteiger partial charge in [-0.05, 0) is 46.0 Å². The van der Waals surface area contributed by atoms with Crippen LogP contribution in [0.1, 0.15) is 26.5 Å². The van der Waals surface area contributed by atoms with Crippen LogP contribution in [0.5, 0.6) is 0 Å². The van der Waals surface area contributed by atoms with Gasteiger partial charge in [0.05, 0.1) is 30.0 Å². The molecule has 0 radical (unpaired) electrons. The summed E-state index contributed by atoms with van der Waals surface area (Å²) in [6, 6.07) is 1.45. The standard InChI is InChI=1S/C21H28BrClN2O6Si/c1-21(2,3)32(4,5)31-16-11-30-17-15(10-29-18(16)17)28-8-6-7-13-14(25-20(26)27)9-12(23)19(22)24-13/h9,15-18,25H,8,10-11H2,1-5H3,(H,26,27)/t15-,16-,17-,18-/m1/s1. The molecule has 2 N–H and O–H groups in total. The topological polar surface area (TPSA) is 99.1 Å². The van der Waals surface area contributed by atoms with E-state index in [0.29, 0.717) is 17.8 Å². The fourth-order valence-electron chi connectivity index (χ4n) is 3.27. The van der Waals surface area contributed by atoms with Crippen molar-refractivity contribution in [2.45, 2.75) is 63.3 Å². The minimum absolute atomic E-state index is 0.0964. The Balaban J connectivity index is 1.59. The minimum atomic E-state index is -1.94. The number of ether oxygens (including phenoxy) is 3. The molecule has 0 saturated carbocycles. The molecule has 176 valence electrons. The van der Waals surface area contributed by atoms with E-state index in [9.17, 15) is 4.79 Å². The third-order valence-electron chi connectivity index (χ3n) is 5.97. The minimum Gasteiger partial charge on any atom is -0.465 e. The van der Waals surface area contributed by atoms with Crippen molar-refractivity contribution in [3.8, 4) is 11.8 Å². The molecule has 2 fully saturated rings. The highest BCUT2D eigenvalue weighted by Gasteiger charge is 2.51. The molecule has 2 saturated heterocycles. The maximum Gasteiger partial charge on any atom is 0.409 e. The van der Waals surface area contributed by atoms with Crippen molar-refractivity contribution in [2.75, 3.05) is 25.1 Å². The van der Waals surface area contributed by atoms with Crippen molar-refractivity contribution >= 4 is 47.6 Å². The zero-order valence-corrected chi connectivity index (χ0v) is 22.0. The van der Waals surface area contributed by atoms with Crippen LogP contribution in [0, 0.1) is 11.8 Å². The van der Waals surface area contributed by atoms with Crippen LogP contribution in [0.2, 0.25) is 23.2 Å². The molecule has 8 nitrogen and oxygen atoms in total. The van der Waals surface area contributed by atoms with Crippen LogP contribution in [0.25, 0.3) is 0 Å². The Morgan fingerprint density at radius 2 is 1.97 bits per heavy atom. The number of hydrogen-bond acceptors (Lipinski definition) is 6. The van der Waals surface area contributed by atoms with Gasteiger partial charge in [-0.25, -0.2) is 9.78 Å². The van der Waals surface area contributed by atoms with E-state index in [-0.39, 0.29) is 52.5 Å². The molecule has 1 aromatic rings. The van der Waals surface area contributed by atoms with E-state index in [2.05, 4.69) is 71.9 Å². The maximum absolute atomic E-state index is 11.0. The number of hydrogen-bond donors (Lipinski definition) is 2. The normalized spacial score (nSPS) is 25.2. The lowest BCUT2D eigenvalue weighted by atomic mass is 10.1. The number of pyridine rings is 1. The van der Waals surface area contributed by atoms with E-state index in [4.69, 9.17) is 35.3 Å². The summed E-state index contributed by atoms with van der Waals surface area (Å²) in [6.07, 6.45) is -1.92. The van der Waals surface area contributed by atoms with Crippen molar-refractivity contribution in [1.29, 1.82) is 0 Å². The summed E-state index contributed by atoms with van der Waals surface area (Å²) in [5.41, 5.74) is 0.444. The van der Waals surface area contributed by atoms with Gasteiger partial charge >= 0.3 is 6.09 Å². The van der Waals surface area contributed by atoms with Crippen LogP contribution in [0.3, 0.4) is 0 Å². The number of rotatable bonds is 5. The molecule has 1 aromatic heterocycles. The molecule has 0 bridgehead atoms. The molecular formula is C21H28BrClN2O6Si. The van der Waals surface area contributed by atoms with Crippen LogP contribution in [0.15, 0.2) is 10.7 Å². The predicted octanol–water partition coefficient (Wildman–Crippen LogP) is 4.51. The van der Waals surface area contributed by atoms with Gasteiger partial charge in [-0.1, -0.05) is 38.3 Å². The van der Waals surface area contributed by atoms with E-state index >= 15 is 0 Å². The summed E-state index contributed by atoms with van der Waals surface area (Å²) in [5, 5.41) is 11.6. The Hall–Kier alpha value is -1.19. The van der Waals surface area contributed by atoms with Crippen molar-refractivity contribution in [1.82, 2.24) is 4.98 Å². The summed E-state index contributed by atoms with van der Waals surface area (Å²) < 4.78 is 24.7. The van der Waals surface area contributed by atoms with Crippen molar-refractivity contribution in [3.63, 3.8) is 0 Å². The third kappa shape index (κ3) is 5.83. The highest BCUT2D eigenvalue weighted by Crippen LogP contribution is 2.40. The Labute approximate surface area is 202 Å². The first-order chi connectivity index (χ1) is 14.9. The van der Waals surface area contributed by atoms with Crippen molar-refractivity contribution in [2.24, 2.45) is 0 Å². The quantitative estimate of drug-likeness (QED) is 0.318. The molecule has 3 rings (SSSR count). The Kier molecular flexibility index (Phi) is 7.92. The summed E-state index contributed by atoms with van der Waals surface area (Å²) >= 11 is 9.21. The zero-order valence-electron chi connectivity index (χ0n) is 18.7. The van der Waals surface area contributed by atoms with Crippen LogP contribution in [-0.4, -0.2) is 68.7 Å². The number of nitrogens with one attached hydrogen (secondary N) is 1. The molecule has 4 atom stereocenters. The van der Waals surface area contributed by atoms with Crippen LogP contribution in [0.4, 0.5) is 10.5 Å². The lowest BCUT2D eigenvalue weighted by molar-refractivity contribution is -0.0252. The molecule has 0 aromatic carbocycles. The number of carboxylic acid groups (broad SMARTS) is 1. The number of carbonyl (C=O) groups is 1. The molecule has 3 heterocycles. The second-order valence-electron chi connectivity index (χ2n) is 9.25. The fourth-order valence-corrected chi connectivity index (χ4v) is 5.02. The summed E-state index contributed by atoms with van der Waals surface area (Å²) in [4.78, 5) is 15.2. The van der Waals surface area contributed by atoms with Gasteiger partial charge in [-0.15, -0.1) is 0 Å². The second kappa shape index (κ2) is 9.97. The SMILES string of the molecule is CC(C)(C)[Si](C)(C)O[C@@H]1CO[C@H]2[C@@H]1OC[C@H]2OCC#Cc1nc(Br)c(Cl)cc1NC(=O)O. The molecule has 2 aliphatic rings. The predicted molar refractivity (Wildman–Crippen MR) is 127 cm³/mol. The monoisotopic (exact) mass is 546 g/mol. The number of fused-ring (bicyclic) bond motifs is 1. The summed E-state index contributed by atoms with van der Waals surface area (Å²) in [5.74, 6) is 5.70. The molecule has 0 aliphatic carbocycles. The Morgan fingerprint density at radius 1 is 1.34 bits per heavy atom. The molecule has 0 unspecified atom stereocenters. The first kappa shape index (κ1) is 25.4. The molecule has 1 amide bonds. The number of aromatic nitrogens is 1. The summed E-state index contributed by atoms with van der Waals surface area (Å²) in [7, 11) is -1.94. The molecule has 0 spiro atoms. The first-order valence-corrected chi connectivity index (χ1v) is 14.3. The van der Waals surface area contributed by atoms with Gasteiger partial charge in [-0.3, -0.25) is 5.32 Å². The smallest absolute Gasteiger partial charge is 0.409 e. The van der Waals surface area contributed by atoms with Crippen LogP contribution >= 0.6 is 27.5 Å². The van der Waals surface area contributed by atoms with Crippen molar-refractivity contribution in [3.05, 3.63) is 21.4 Å². The van der Waals surface area contributed by atoms with E-state index in [1.54, 1.807) is 0 Å². The first-order valence-electron chi connectivity index (χ1n) is 10.3. The molecule has 32 heavy (non-hydrogen) atoms. The Bertz CT molecular complexity index is 929. The van der Waals surface area contributed by atoms with E-state index in [1.165, 1.54) is 6.07 Å². The number of anilines is 1. The molecule has 2 aliphatic heterocycles. The highest BCUT2D eigenvalue weighted by molar-refractivity contribution is 9.10. The number of nitrogens with zero attached hydrogens (tertiary/aromatic N) is 1. The van der Waals surface area contributed by atoms with Gasteiger partial charge in [-0.2, -0.15) is 0 Å². The third-order valence-corrected chi connectivity index (χ3v) is 11.6. The lowest BCUT2D eigenvalue weighted by Crippen LogP contribution is -2.47. The largest absolute Gasteiger partial charge is 0.465 e. The van der Waals surface area contributed by atoms with Crippen LogP contribution < -0.4 is 5.32 Å². The highest BCUT2D eigenvalue weighted by atomic mass is 79.9. The van der Waals surface area contributed by atoms with E-state index in [1.807, 2.05) is 0 Å². The Morgan fingerprint density at radius 3 is 2.59 bits per heavy atom. The zero-order chi connectivity index (χ0) is 23.7. The van der Waals surface area contributed by atoms with Gasteiger partial charge in [0, 0.05) is 0 Å². The van der Waals surface area contributed by atoms with Gasteiger partial charge in [0.1, 0.15) is 35.2 Å². The molecular weight excluding hydrogens is 520 g/mol. The van der Waals surface area contributed by atoms with Crippen LogP contribution in [-0.2, 0) is 18.6 Å². The van der Waals surface area contributed by atoms with Crippen molar-refractivity contribution < 1.29 is 28.5 Å². The second-order valence-corrected chi connectivity index (χ2v) is 15.2. The number of halogens is 2. The lowest BCUT2D eigenvalue weighted by Gasteiger charge is -2.39. The average molecular weight is 548 g/mol. The summed E-state index contributed by atoms with van der Waals surface area (Å²) in [6.45, 7) is 12.1. The van der Waals surface area contributed by atoms with Gasteiger partial charge in [0.2, 0.25) is 0 Å². The maximum atomic E-state index is 11.0. The van der Waals surface area contributed by atoms with Gasteiger partial charge in [0.25, 0.3) is 0 Å². The van der Waals surface area contributed by atoms with Gasteiger partial charge < -0.3 is 23.7 Å². The fraction of sp³-hybridized carbons (Fsp3) is 0.619. The van der Waals surface area contributed by atoms with E-state index < -0.39 is 14.4 Å². The van der Waals surface area contributed by atoms with Gasteiger partial charge in [0.15, 0.2) is 8.32 Å². The van der Waals surface area contributed by atoms with E-state index in [0.717, 1.165) is 0 Å². The molecule has 11 heteroatoms. The average Bonchev–Trinajstić information content (AvgIpc) is 3.24. The number of amides is 1.